The van der Waals surface area contributed by atoms with Gasteiger partial charge in [0.2, 0.25) is 0 Å². The highest BCUT2D eigenvalue weighted by atomic mass is 79.9. The van der Waals surface area contributed by atoms with E-state index in [1.54, 1.807) is 0 Å². The quantitative estimate of drug-likeness (QED) is 0.601. The molecule has 0 radical (unpaired) electrons. The molecule has 0 spiro atoms. The van der Waals surface area contributed by atoms with Gasteiger partial charge in [0.25, 0.3) is 0 Å². The highest BCUT2D eigenvalue weighted by Crippen LogP contribution is 2.30. The van der Waals surface area contributed by atoms with Crippen molar-refractivity contribution in [2.45, 2.75) is 18.2 Å². The van der Waals surface area contributed by atoms with Gasteiger partial charge in [0.15, 0.2) is 0 Å². The number of halogens is 3. The summed E-state index contributed by atoms with van der Waals surface area (Å²) in [5, 5.41) is 1.55. The molecule has 0 nitrogen and oxygen atoms in total. The van der Waals surface area contributed by atoms with Gasteiger partial charge in [-0.15, -0.1) is 0 Å². The van der Waals surface area contributed by atoms with Crippen LogP contribution in [0.25, 0.3) is 0 Å². The van der Waals surface area contributed by atoms with Crippen molar-refractivity contribution < 1.29 is 0 Å². The molecule has 0 bridgehead atoms. The van der Waals surface area contributed by atoms with E-state index in [4.69, 9.17) is 23.2 Å². The second-order valence-electron chi connectivity index (χ2n) is 4.36. The van der Waals surface area contributed by atoms with Crippen molar-refractivity contribution in [3.05, 3.63) is 69.2 Å². The summed E-state index contributed by atoms with van der Waals surface area (Å²) in [5.74, 6) is 0. The maximum atomic E-state index is 6.08. The highest BCUT2D eigenvalue weighted by Gasteiger charge is 2.10. The van der Waals surface area contributed by atoms with Gasteiger partial charge in [0.1, 0.15) is 0 Å². The first-order chi connectivity index (χ1) is 8.54. The lowest BCUT2D eigenvalue weighted by Crippen LogP contribution is -1.96. The van der Waals surface area contributed by atoms with Crippen molar-refractivity contribution in [2.75, 3.05) is 0 Å². The van der Waals surface area contributed by atoms with Crippen LogP contribution in [0.1, 0.15) is 21.5 Å². The van der Waals surface area contributed by atoms with E-state index < -0.39 is 0 Å². The molecule has 0 aliphatic carbocycles. The number of benzene rings is 2. The molecule has 94 valence electrons. The molecule has 2 aromatic carbocycles. The van der Waals surface area contributed by atoms with Gasteiger partial charge in [0, 0.05) is 14.9 Å². The number of hydrogen-bond donors (Lipinski definition) is 0. The molecule has 1 unspecified atom stereocenters. The van der Waals surface area contributed by atoms with E-state index in [2.05, 4.69) is 35.0 Å². The number of hydrogen-bond acceptors (Lipinski definition) is 0. The fraction of sp³-hybridized carbons (Fsp3) is 0.200. The molecule has 3 heteroatoms. The molecule has 0 heterocycles. The molecule has 0 saturated heterocycles. The SMILES string of the molecule is Cc1cc(Cl)cc(C(Br)Cc2cccc(Cl)c2)c1. The van der Waals surface area contributed by atoms with E-state index in [1.807, 2.05) is 30.3 Å². The minimum atomic E-state index is 0.244. The highest BCUT2D eigenvalue weighted by molar-refractivity contribution is 9.09. The summed E-state index contributed by atoms with van der Waals surface area (Å²) < 4.78 is 0. The zero-order valence-corrected chi connectivity index (χ0v) is 13.1. The molecule has 18 heavy (non-hydrogen) atoms. The molecule has 0 aliphatic heterocycles. The van der Waals surface area contributed by atoms with Crippen molar-refractivity contribution >= 4 is 39.1 Å². The second-order valence-corrected chi connectivity index (χ2v) is 6.34. The molecular weight excluding hydrogens is 331 g/mol. The Morgan fingerprint density at radius 2 is 1.83 bits per heavy atom. The Balaban J connectivity index is 2.19. The first-order valence-electron chi connectivity index (χ1n) is 5.70. The van der Waals surface area contributed by atoms with Gasteiger partial charge in [0.05, 0.1) is 0 Å². The summed E-state index contributed by atoms with van der Waals surface area (Å²) in [6.45, 7) is 2.05. The van der Waals surface area contributed by atoms with Gasteiger partial charge in [-0.1, -0.05) is 57.3 Å². The van der Waals surface area contributed by atoms with Gasteiger partial charge in [-0.05, 0) is 54.3 Å². The van der Waals surface area contributed by atoms with Crippen molar-refractivity contribution in [3.63, 3.8) is 0 Å². The van der Waals surface area contributed by atoms with E-state index in [0.717, 1.165) is 16.5 Å². The third-order valence-corrected chi connectivity index (χ3v) is 4.04. The van der Waals surface area contributed by atoms with Crippen molar-refractivity contribution in [1.82, 2.24) is 0 Å². The molecule has 2 rings (SSSR count). The van der Waals surface area contributed by atoms with E-state index in [9.17, 15) is 0 Å². The Labute approximate surface area is 126 Å². The summed E-state index contributed by atoms with van der Waals surface area (Å²) in [6, 6.07) is 14.0. The fourth-order valence-electron chi connectivity index (χ4n) is 1.93. The van der Waals surface area contributed by atoms with Crippen LogP contribution in [0.15, 0.2) is 42.5 Å². The predicted molar refractivity (Wildman–Crippen MR) is 83.0 cm³/mol. The molecule has 0 amide bonds. The Kier molecular flexibility index (Phi) is 4.71. The van der Waals surface area contributed by atoms with Crippen LogP contribution in [0, 0.1) is 6.92 Å². The second kappa shape index (κ2) is 6.10. The van der Waals surface area contributed by atoms with E-state index in [1.165, 1.54) is 16.7 Å². The molecule has 0 saturated carbocycles. The lowest BCUT2D eigenvalue weighted by molar-refractivity contribution is 0.947. The average molecular weight is 344 g/mol. The monoisotopic (exact) mass is 342 g/mol. The van der Waals surface area contributed by atoms with Gasteiger partial charge in [-0.3, -0.25) is 0 Å². The van der Waals surface area contributed by atoms with Gasteiger partial charge >= 0.3 is 0 Å². The Morgan fingerprint density at radius 1 is 1.06 bits per heavy atom. The van der Waals surface area contributed by atoms with Crippen molar-refractivity contribution in [3.8, 4) is 0 Å². The predicted octanol–water partition coefficient (Wildman–Crippen LogP) is 5.98. The third-order valence-electron chi connectivity index (χ3n) is 2.73. The topological polar surface area (TPSA) is 0 Å². The van der Waals surface area contributed by atoms with E-state index >= 15 is 0 Å². The van der Waals surface area contributed by atoms with Crippen LogP contribution in [0.5, 0.6) is 0 Å². The molecule has 0 fully saturated rings. The minimum Gasteiger partial charge on any atom is -0.0843 e. The maximum absolute atomic E-state index is 6.08. The molecule has 0 aliphatic rings. The van der Waals surface area contributed by atoms with Crippen LogP contribution in [0.2, 0.25) is 10.0 Å². The van der Waals surface area contributed by atoms with Gasteiger partial charge < -0.3 is 0 Å². The standard InChI is InChI=1S/C15H13BrCl2/c1-10-5-12(9-14(18)6-10)15(16)8-11-3-2-4-13(17)7-11/h2-7,9,15H,8H2,1H3. The lowest BCUT2D eigenvalue weighted by Gasteiger charge is -2.12. The summed E-state index contributed by atoms with van der Waals surface area (Å²) >= 11 is 15.8. The zero-order valence-electron chi connectivity index (χ0n) is 9.96. The molecular formula is C15H13BrCl2. The van der Waals surface area contributed by atoms with Gasteiger partial charge in [-0.25, -0.2) is 0 Å². The largest absolute Gasteiger partial charge is 0.0843 e. The van der Waals surface area contributed by atoms with Crippen molar-refractivity contribution in [2.24, 2.45) is 0 Å². The van der Waals surface area contributed by atoms with Crippen LogP contribution in [0.3, 0.4) is 0 Å². The zero-order chi connectivity index (χ0) is 13.1. The van der Waals surface area contributed by atoms with Crippen molar-refractivity contribution in [1.29, 1.82) is 0 Å². The maximum Gasteiger partial charge on any atom is 0.0436 e. The van der Waals surface area contributed by atoms with Crippen LogP contribution in [-0.4, -0.2) is 0 Å². The molecule has 2 aromatic rings. The van der Waals surface area contributed by atoms with Crippen LogP contribution in [-0.2, 0) is 6.42 Å². The minimum absolute atomic E-state index is 0.244. The summed E-state index contributed by atoms with van der Waals surface area (Å²) in [5.41, 5.74) is 3.58. The number of aryl methyl sites for hydroxylation is 1. The van der Waals surface area contributed by atoms with Crippen LogP contribution >= 0.6 is 39.1 Å². The fourth-order valence-corrected chi connectivity index (χ4v) is 3.08. The lowest BCUT2D eigenvalue weighted by atomic mass is 10.0. The third kappa shape index (κ3) is 3.74. The smallest absolute Gasteiger partial charge is 0.0436 e. The molecule has 0 N–H and O–H groups in total. The first kappa shape index (κ1) is 13.9. The van der Waals surface area contributed by atoms with E-state index in [0.29, 0.717) is 0 Å². The average Bonchev–Trinajstić information content (AvgIpc) is 2.27. The first-order valence-corrected chi connectivity index (χ1v) is 7.37. The van der Waals surface area contributed by atoms with Gasteiger partial charge in [-0.2, -0.15) is 0 Å². The summed E-state index contributed by atoms with van der Waals surface area (Å²) in [4.78, 5) is 0.244. The normalized spacial score (nSPS) is 12.4. The van der Waals surface area contributed by atoms with Crippen LogP contribution in [0.4, 0.5) is 0 Å². The number of rotatable bonds is 3. The molecule has 1 atom stereocenters. The summed E-state index contributed by atoms with van der Waals surface area (Å²) in [7, 11) is 0. The Bertz CT molecular complexity index is 532. The summed E-state index contributed by atoms with van der Waals surface area (Å²) in [6.07, 6.45) is 0.889. The van der Waals surface area contributed by atoms with Crippen LogP contribution < -0.4 is 0 Å². The molecule has 0 aromatic heterocycles. The number of alkyl halides is 1. The van der Waals surface area contributed by atoms with E-state index in [-0.39, 0.29) is 4.83 Å². The Morgan fingerprint density at radius 3 is 2.50 bits per heavy atom. The Hall–Kier alpha value is -0.500.